The van der Waals surface area contributed by atoms with E-state index in [1.54, 1.807) is 30.1 Å². The molecule has 0 spiro atoms. The van der Waals surface area contributed by atoms with Gasteiger partial charge in [0, 0.05) is 32.4 Å². The van der Waals surface area contributed by atoms with E-state index in [9.17, 15) is 4.79 Å². The van der Waals surface area contributed by atoms with Gasteiger partial charge in [-0.1, -0.05) is 0 Å². The number of carbonyl (C=O) groups excluding carboxylic acids is 1. The molecule has 2 rings (SSSR count). The number of rotatable bonds is 4. The van der Waals surface area contributed by atoms with Crippen LogP contribution in [0.15, 0.2) is 24.5 Å². The topological polar surface area (TPSA) is 84.7 Å². The highest BCUT2D eigenvalue weighted by Crippen LogP contribution is 2.01. The molecule has 0 atom stereocenters. The van der Waals surface area contributed by atoms with E-state index in [1.165, 1.54) is 0 Å². The molecular weight excluding hydrogens is 232 g/mol. The summed E-state index contributed by atoms with van der Waals surface area (Å²) in [7, 11) is 3.57. The van der Waals surface area contributed by atoms with Gasteiger partial charge in [0.15, 0.2) is 5.69 Å². The molecule has 0 radical (unpaired) electrons. The van der Waals surface area contributed by atoms with Gasteiger partial charge in [-0.05, 0) is 12.1 Å². The highest BCUT2D eigenvalue weighted by molar-refractivity contribution is 5.92. The molecule has 18 heavy (non-hydrogen) atoms. The van der Waals surface area contributed by atoms with Crippen LogP contribution in [0.5, 0.6) is 0 Å². The summed E-state index contributed by atoms with van der Waals surface area (Å²) in [5.74, 6) is 0.368. The van der Waals surface area contributed by atoms with Crippen molar-refractivity contribution in [3.05, 3.63) is 35.8 Å². The maximum atomic E-state index is 11.8. The summed E-state index contributed by atoms with van der Waals surface area (Å²) in [4.78, 5) is 11.8. The zero-order chi connectivity index (χ0) is 13.0. The quantitative estimate of drug-likeness (QED) is 0.804. The van der Waals surface area contributed by atoms with Gasteiger partial charge in [0.2, 0.25) is 0 Å². The summed E-state index contributed by atoms with van der Waals surface area (Å²) in [6, 6.07) is 3.32. The number of aromatic nitrogens is 4. The number of amides is 1. The minimum absolute atomic E-state index is 0.256. The molecule has 1 amide bonds. The molecule has 94 valence electrons. The molecule has 0 bridgehead atoms. The summed E-state index contributed by atoms with van der Waals surface area (Å²) in [5.41, 5.74) is 1.23. The standard InChI is InChI=1S/C11H14N6O/c1-12-10-4-3-9(15-16-10)11(18)13-5-8-6-14-17(2)7-8/h3-4,6-7H,5H2,1-2H3,(H,12,16)(H,13,18). The van der Waals surface area contributed by atoms with Gasteiger partial charge in [0.05, 0.1) is 6.20 Å². The van der Waals surface area contributed by atoms with E-state index in [0.29, 0.717) is 12.4 Å². The maximum Gasteiger partial charge on any atom is 0.272 e. The molecule has 0 aliphatic heterocycles. The van der Waals surface area contributed by atoms with Crippen LogP contribution >= 0.6 is 0 Å². The number of hydrogen-bond acceptors (Lipinski definition) is 5. The number of aryl methyl sites for hydroxylation is 1. The third kappa shape index (κ3) is 2.82. The molecule has 2 N–H and O–H groups in total. The monoisotopic (exact) mass is 246 g/mol. The van der Waals surface area contributed by atoms with E-state index in [0.717, 1.165) is 5.56 Å². The Kier molecular flexibility index (Phi) is 3.52. The van der Waals surface area contributed by atoms with E-state index >= 15 is 0 Å². The average molecular weight is 246 g/mol. The van der Waals surface area contributed by atoms with Gasteiger partial charge in [-0.2, -0.15) is 5.10 Å². The normalized spacial score (nSPS) is 10.1. The predicted molar refractivity (Wildman–Crippen MR) is 66.0 cm³/mol. The molecule has 0 saturated carbocycles. The zero-order valence-electron chi connectivity index (χ0n) is 10.2. The van der Waals surface area contributed by atoms with E-state index in [1.807, 2.05) is 13.2 Å². The fourth-order valence-corrected chi connectivity index (χ4v) is 1.42. The Labute approximate surface area is 104 Å². The molecule has 7 nitrogen and oxygen atoms in total. The summed E-state index contributed by atoms with van der Waals surface area (Å²) in [5, 5.41) is 17.3. The van der Waals surface area contributed by atoms with Crippen LogP contribution in [0.4, 0.5) is 5.82 Å². The zero-order valence-corrected chi connectivity index (χ0v) is 10.2. The Bertz CT molecular complexity index is 533. The molecule has 2 aromatic rings. The molecule has 7 heteroatoms. The van der Waals surface area contributed by atoms with E-state index < -0.39 is 0 Å². The van der Waals surface area contributed by atoms with Crippen LogP contribution < -0.4 is 10.6 Å². The van der Waals surface area contributed by atoms with E-state index in [2.05, 4.69) is 25.9 Å². The van der Waals surface area contributed by atoms with Crippen LogP contribution in [-0.4, -0.2) is 32.9 Å². The van der Waals surface area contributed by atoms with Crippen molar-refractivity contribution in [2.75, 3.05) is 12.4 Å². The van der Waals surface area contributed by atoms with Gasteiger partial charge in [0.25, 0.3) is 5.91 Å². The van der Waals surface area contributed by atoms with Gasteiger partial charge < -0.3 is 10.6 Å². The molecule has 0 unspecified atom stereocenters. The molecule has 0 aliphatic carbocycles. The van der Waals surface area contributed by atoms with Crippen LogP contribution in [0, 0.1) is 0 Å². The molecule has 2 heterocycles. The second-order valence-corrected chi connectivity index (χ2v) is 3.76. The van der Waals surface area contributed by atoms with Crippen LogP contribution in [0.3, 0.4) is 0 Å². The van der Waals surface area contributed by atoms with Crippen molar-refractivity contribution in [3.63, 3.8) is 0 Å². The number of anilines is 1. The van der Waals surface area contributed by atoms with Crippen molar-refractivity contribution in [1.82, 2.24) is 25.3 Å². The maximum absolute atomic E-state index is 11.8. The third-order valence-corrected chi connectivity index (χ3v) is 2.36. The van der Waals surface area contributed by atoms with Gasteiger partial charge in [-0.3, -0.25) is 9.48 Å². The molecule has 0 fully saturated rings. The van der Waals surface area contributed by atoms with E-state index in [4.69, 9.17) is 0 Å². The van der Waals surface area contributed by atoms with Crippen LogP contribution in [-0.2, 0) is 13.6 Å². The van der Waals surface area contributed by atoms with Crippen molar-refractivity contribution < 1.29 is 4.79 Å². The van der Waals surface area contributed by atoms with Crippen LogP contribution in [0.25, 0.3) is 0 Å². The first-order valence-electron chi connectivity index (χ1n) is 5.46. The lowest BCUT2D eigenvalue weighted by molar-refractivity contribution is 0.0945. The predicted octanol–water partition coefficient (Wildman–Crippen LogP) is 0.182. The second-order valence-electron chi connectivity index (χ2n) is 3.76. The first kappa shape index (κ1) is 12.0. The van der Waals surface area contributed by atoms with Crippen LogP contribution in [0.2, 0.25) is 0 Å². The number of carbonyl (C=O) groups is 1. The third-order valence-electron chi connectivity index (χ3n) is 2.36. The fraction of sp³-hybridized carbons (Fsp3) is 0.273. The Morgan fingerprint density at radius 2 is 2.22 bits per heavy atom. The lowest BCUT2D eigenvalue weighted by atomic mass is 10.3. The van der Waals surface area contributed by atoms with E-state index in [-0.39, 0.29) is 11.6 Å². The van der Waals surface area contributed by atoms with Crippen LogP contribution in [0.1, 0.15) is 16.1 Å². The fourth-order valence-electron chi connectivity index (χ4n) is 1.42. The molecule has 0 saturated heterocycles. The Morgan fingerprint density at radius 1 is 1.39 bits per heavy atom. The van der Waals surface area contributed by atoms with Crippen molar-refractivity contribution in [1.29, 1.82) is 0 Å². The Hall–Kier alpha value is -2.44. The smallest absolute Gasteiger partial charge is 0.272 e. The molecule has 0 aromatic carbocycles. The molecular formula is C11H14N6O. The van der Waals surface area contributed by atoms with Crippen molar-refractivity contribution in [2.45, 2.75) is 6.54 Å². The minimum Gasteiger partial charge on any atom is -0.372 e. The second kappa shape index (κ2) is 5.26. The summed E-state index contributed by atoms with van der Waals surface area (Å²) >= 11 is 0. The number of nitrogens with zero attached hydrogens (tertiary/aromatic N) is 4. The highest BCUT2D eigenvalue weighted by atomic mass is 16.1. The minimum atomic E-state index is -0.256. The molecule has 2 aromatic heterocycles. The SMILES string of the molecule is CNc1ccc(C(=O)NCc2cnn(C)c2)nn1. The summed E-state index contributed by atoms with van der Waals surface area (Å²) in [6.07, 6.45) is 3.55. The van der Waals surface area contributed by atoms with Gasteiger partial charge in [0.1, 0.15) is 5.82 Å². The van der Waals surface area contributed by atoms with Gasteiger partial charge in [-0.15, -0.1) is 10.2 Å². The van der Waals surface area contributed by atoms with Gasteiger partial charge >= 0.3 is 0 Å². The lowest BCUT2D eigenvalue weighted by Crippen LogP contribution is -2.24. The van der Waals surface area contributed by atoms with Crippen molar-refractivity contribution >= 4 is 11.7 Å². The summed E-state index contributed by atoms with van der Waals surface area (Å²) in [6.45, 7) is 0.419. The first-order chi connectivity index (χ1) is 8.69. The first-order valence-corrected chi connectivity index (χ1v) is 5.46. The average Bonchev–Trinajstić information content (AvgIpc) is 2.82. The highest BCUT2D eigenvalue weighted by Gasteiger charge is 2.08. The van der Waals surface area contributed by atoms with Crippen molar-refractivity contribution in [2.24, 2.45) is 7.05 Å². The molecule has 0 aliphatic rings. The Balaban J connectivity index is 1.94. The van der Waals surface area contributed by atoms with Crippen molar-refractivity contribution in [3.8, 4) is 0 Å². The largest absolute Gasteiger partial charge is 0.372 e. The van der Waals surface area contributed by atoms with Gasteiger partial charge in [-0.25, -0.2) is 0 Å². The number of hydrogen-bond donors (Lipinski definition) is 2. The lowest BCUT2D eigenvalue weighted by Gasteiger charge is -2.03. The summed E-state index contributed by atoms with van der Waals surface area (Å²) < 4.78 is 1.68. The Morgan fingerprint density at radius 3 is 2.78 bits per heavy atom. The number of nitrogens with one attached hydrogen (secondary N) is 2.